The number of benzene rings is 2. The molecule has 3 heterocycles. The lowest BCUT2D eigenvalue weighted by Gasteiger charge is -2.25. The van der Waals surface area contributed by atoms with Crippen molar-refractivity contribution in [1.82, 2.24) is 19.9 Å². The van der Waals surface area contributed by atoms with E-state index in [1.54, 1.807) is 12.5 Å². The molecule has 0 radical (unpaired) electrons. The summed E-state index contributed by atoms with van der Waals surface area (Å²) in [5.74, 6) is 1.48. The number of likely N-dealkylation sites (N-methyl/N-ethyl adjacent to an activating group) is 1. The first-order chi connectivity index (χ1) is 17.3. The fourth-order valence-corrected chi connectivity index (χ4v) is 4.72. The Kier molecular flexibility index (Phi) is 6.26. The van der Waals surface area contributed by atoms with Crippen LogP contribution in [0, 0.1) is 11.3 Å². The number of pyridine rings is 1. The Hall–Kier alpha value is -4.07. The van der Waals surface area contributed by atoms with Crippen LogP contribution < -0.4 is 10.6 Å². The Morgan fingerprint density at radius 2 is 1.92 bits per heavy atom. The summed E-state index contributed by atoms with van der Waals surface area (Å²) in [7, 11) is -0.314. The minimum Gasteiger partial charge on any atom is -0.324 e. The van der Waals surface area contributed by atoms with E-state index in [0.29, 0.717) is 23.4 Å². The van der Waals surface area contributed by atoms with Gasteiger partial charge in [0.15, 0.2) is 11.6 Å². The molecule has 5 rings (SSSR count). The van der Waals surface area contributed by atoms with Gasteiger partial charge in [0, 0.05) is 46.4 Å². The van der Waals surface area contributed by atoms with Crippen LogP contribution in [0.25, 0.3) is 10.8 Å². The van der Waals surface area contributed by atoms with Crippen molar-refractivity contribution < 1.29 is 4.21 Å². The highest BCUT2D eigenvalue weighted by atomic mass is 32.2. The molecule has 36 heavy (non-hydrogen) atoms. The van der Waals surface area contributed by atoms with Crippen molar-refractivity contribution in [3.05, 3.63) is 71.4 Å². The van der Waals surface area contributed by atoms with E-state index < -0.39 is 9.73 Å². The van der Waals surface area contributed by atoms with Crippen LogP contribution in [0.5, 0.6) is 0 Å². The third-order valence-electron chi connectivity index (χ3n) is 5.85. The fraction of sp³-hybridized carbons (Fsp3) is 0.231. The van der Waals surface area contributed by atoms with Crippen molar-refractivity contribution in [3.8, 4) is 6.07 Å². The minimum atomic E-state index is -2.43. The standard InChI is InChI=1S/C26H26N8OS/c1-34-11-10-17-8-9-21(12-19(17)16-34)29-26-28-15-20(14-27)24(32-26)30-23-13-18-6-4-5-7-22(18)25(31-23)33-36(2,3)35/h4-9,12-13,15H,10-11,16H2,1-3H3,(H2,28,29,30,31,32). The number of aromatic nitrogens is 3. The summed E-state index contributed by atoms with van der Waals surface area (Å²) < 4.78 is 16.7. The van der Waals surface area contributed by atoms with Crippen LogP contribution in [-0.4, -0.2) is 50.2 Å². The number of nitriles is 1. The van der Waals surface area contributed by atoms with Gasteiger partial charge in [-0.1, -0.05) is 30.3 Å². The second-order valence-corrected chi connectivity index (χ2v) is 11.7. The van der Waals surface area contributed by atoms with E-state index in [1.807, 2.05) is 36.4 Å². The highest BCUT2D eigenvalue weighted by molar-refractivity contribution is 7.92. The molecule has 0 aliphatic carbocycles. The SMILES string of the molecule is CN1CCc2ccc(Nc3ncc(C#N)c(Nc4cc5ccccc5c(N=S(C)(C)=O)n4)n3)cc2C1. The van der Waals surface area contributed by atoms with Crippen LogP contribution in [0.4, 0.5) is 29.1 Å². The smallest absolute Gasteiger partial charge is 0.229 e. The van der Waals surface area contributed by atoms with Gasteiger partial charge in [-0.3, -0.25) is 0 Å². The summed E-state index contributed by atoms with van der Waals surface area (Å²) in [6.07, 6.45) is 5.64. The van der Waals surface area contributed by atoms with Gasteiger partial charge in [0.1, 0.15) is 17.5 Å². The van der Waals surface area contributed by atoms with Gasteiger partial charge in [-0.25, -0.2) is 14.2 Å². The van der Waals surface area contributed by atoms with Crippen molar-refractivity contribution in [2.75, 3.05) is 36.7 Å². The summed E-state index contributed by atoms with van der Waals surface area (Å²) >= 11 is 0. The minimum absolute atomic E-state index is 0.274. The fourth-order valence-electron chi connectivity index (χ4n) is 4.17. The van der Waals surface area contributed by atoms with E-state index >= 15 is 0 Å². The van der Waals surface area contributed by atoms with Crippen molar-refractivity contribution in [1.29, 1.82) is 5.26 Å². The predicted octanol–water partition coefficient (Wildman–Crippen LogP) is 4.73. The normalized spacial score (nSPS) is 13.6. The average Bonchev–Trinajstić information content (AvgIpc) is 2.83. The molecule has 0 unspecified atom stereocenters. The summed E-state index contributed by atoms with van der Waals surface area (Å²) in [6.45, 7) is 1.95. The molecule has 2 N–H and O–H groups in total. The molecule has 4 aromatic rings. The number of rotatable bonds is 5. The topological polar surface area (TPSA) is 119 Å². The first kappa shape index (κ1) is 23.7. The first-order valence-electron chi connectivity index (χ1n) is 11.5. The van der Waals surface area contributed by atoms with Gasteiger partial charge in [-0.2, -0.15) is 14.6 Å². The molecular formula is C26H26N8OS. The average molecular weight is 499 g/mol. The first-order valence-corrected chi connectivity index (χ1v) is 13.8. The zero-order valence-corrected chi connectivity index (χ0v) is 21.1. The summed E-state index contributed by atoms with van der Waals surface area (Å²) in [5, 5.41) is 17.7. The van der Waals surface area contributed by atoms with Crippen molar-refractivity contribution in [3.63, 3.8) is 0 Å². The number of hydrogen-bond donors (Lipinski definition) is 2. The van der Waals surface area contributed by atoms with Gasteiger partial charge in [0.05, 0.1) is 6.20 Å². The van der Waals surface area contributed by atoms with E-state index in [0.717, 1.165) is 36.0 Å². The molecule has 0 saturated carbocycles. The Balaban J connectivity index is 1.48. The summed E-state index contributed by atoms with van der Waals surface area (Å²) in [6, 6.07) is 17.9. The summed E-state index contributed by atoms with van der Waals surface area (Å²) in [4.78, 5) is 15.7. The van der Waals surface area contributed by atoms with Gasteiger partial charge in [-0.05, 0) is 48.2 Å². The van der Waals surface area contributed by atoms with Crippen LogP contribution in [-0.2, 0) is 22.7 Å². The second kappa shape index (κ2) is 9.53. The molecular weight excluding hydrogens is 472 g/mol. The molecule has 2 aromatic carbocycles. The number of anilines is 4. The highest BCUT2D eigenvalue weighted by Gasteiger charge is 2.15. The zero-order valence-electron chi connectivity index (χ0n) is 20.3. The summed E-state index contributed by atoms with van der Waals surface area (Å²) in [5.41, 5.74) is 3.79. The molecule has 1 aliphatic rings. The number of fused-ring (bicyclic) bond motifs is 2. The maximum atomic E-state index is 12.4. The van der Waals surface area contributed by atoms with E-state index in [-0.39, 0.29) is 5.56 Å². The molecule has 0 spiro atoms. The third-order valence-corrected chi connectivity index (χ3v) is 6.46. The van der Waals surface area contributed by atoms with Crippen molar-refractivity contribution in [2.24, 2.45) is 4.36 Å². The molecule has 0 saturated heterocycles. The maximum Gasteiger partial charge on any atom is 0.229 e. The van der Waals surface area contributed by atoms with Crippen LogP contribution in [0.1, 0.15) is 16.7 Å². The molecule has 0 amide bonds. The van der Waals surface area contributed by atoms with Gasteiger partial charge >= 0.3 is 0 Å². The Bertz CT molecular complexity index is 1630. The van der Waals surface area contributed by atoms with E-state index in [4.69, 9.17) is 0 Å². The van der Waals surface area contributed by atoms with E-state index in [9.17, 15) is 9.47 Å². The van der Waals surface area contributed by atoms with Crippen LogP contribution in [0.3, 0.4) is 0 Å². The maximum absolute atomic E-state index is 12.4. The molecule has 2 aromatic heterocycles. The Labute approximate surface area is 210 Å². The number of nitrogens with one attached hydrogen (secondary N) is 2. The van der Waals surface area contributed by atoms with Gasteiger partial charge in [0.2, 0.25) is 5.95 Å². The number of nitrogens with zero attached hydrogens (tertiary/aromatic N) is 6. The van der Waals surface area contributed by atoms with E-state index in [2.05, 4.69) is 60.1 Å². The van der Waals surface area contributed by atoms with Crippen molar-refractivity contribution in [2.45, 2.75) is 13.0 Å². The van der Waals surface area contributed by atoms with Crippen LogP contribution in [0.2, 0.25) is 0 Å². The van der Waals surface area contributed by atoms with Crippen LogP contribution in [0.15, 0.2) is 59.1 Å². The highest BCUT2D eigenvalue weighted by Crippen LogP contribution is 2.30. The number of hydrogen-bond acceptors (Lipinski definition) is 9. The zero-order chi connectivity index (χ0) is 25.3. The molecule has 1 aliphatic heterocycles. The predicted molar refractivity (Wildman–Crippen MR) is 144 cm³/mol. The molecule has 10 heteroatoms. The molecule has 0 atom stereocenters. The lowest BCUT2D eigenvalue weighted by Crippen LogP contribution is -2.26. The lowest BCUT2D eigenvalue weighted by atomic mass is 9.99. The van der Waals surface area contributed by atoms with E-state index in [1.165, 1.54) is 17.3 Å². The quantitative estimate of drug-likeness (QED) is 0.405. The molecule has 0 fully saturated rings. The Morgan fingerprint density at radius 1 is 1.08 bits per heavy atom. The van der Waals surface area contributed by atoms with Gasteiger partial charge in [0.25, 0.3) is 0 Å². The molecule has 182 valence electrons. The molecule has 0 bridgehead atoms. The molecule has 9 nitrogen and oxygen atoms in total. The van der Waals surface area contributed by atoms with Crippen molar-refractivity contribution >= 4 is 49.6 Å². The lowest BCUT2D eigenvalue weighted by molar-refractivity contribution is 0.313. The van der Waals surface area contributed by atoms with Gasteiger partial charge < -0.3 is 15.5 Å². The monoisotopic (exact) mass is 498 g/mol. The Morgan fingerprint density at radius 3 is 2.72 bits per heavy atom. The third kappa shape index (κ3) is 5.27. The van der Waals surface area contributed by atoms with Gasteiger partial charge in [-0.15, -0.1) is 0 Å². The second-order valence-electron chi connectivity index (χ2n) is 9.11. The largest absolute Gasteiger partial charge is 0.324 e. The van der Waals surface area contributed by atoms with Crippen LogP contribution >= 0.6 is 0 Å².